The summed E-state index contributed by atoms with van der Waals surface area (Å²) < 4.78 is 0. The molecule has 3 heterocycles. The lowest BCUT2D eigenvalue weighted by Crippen LogP contribution is -2.47. The van der Waals surface area contributed by atoms with E-state index in [0.29, 0.717) is 0 Å². The van der Waals surface area contributed by atoms with Gasteiger partial charge in [-0.05, 0) is 29.8 Å². The third-order valence-electron chi connectivity index (χ3n) is 5.64. The number of anilines is 2. The third-order valence-corrected chi connectivity index (χ3v) is 5.89. The SMILES string of the molecule is Clc1ccc(Cc2cc(-c3ccccc3)nnc2N2CCN(c3ncccn3)CC2)cc1. The summed E-state index contributed by atoms with van der Waals surface area (Å²) in [6.07, 6.45) is 4.34. The molecule has 0 unspecified atom stereocenters. The van der Waals surface area contributed by atoms with Crippen LogP contribution in [0.1, 0.15) is 11.1 Å². The molecule has 5 rings (SSSR count). The predicted molar refractivity (Wildman–Crippen MR) is 128 cm³/mol. The minimum atomic E-state index is 0.742. The predicted octanol–water partition coefficient (Wildman–Crippen LogP) is 4.50. The highest BCUT2D eigenvalue weighted by atomic mass is 35.5. The molecule has 0 saturated carbocycles. The van der Waals surface area contributed by atoms with Crippen molar-refractivity contribution < 1.29 is 0 Å². The average molecular weight is 443 g/mol. The number of hydrogen-bond acceptors (Lipinski definition) is 6. The fourth-order valence-electron chi connectivity index (χ4n) is 3.97. The normalized spacial score (nSPS) is 13.9. The molecule has 0 radical (unpaired) electrons. The Labute approximate surface area is 192 Å². The molecule has 160 valence electrons. The molecule has 1 aliphatic heterocycles. The number of halogens is 1. The lowest BCUT2D eigenvalue weighted by atomic mass is 10.0. The van der Waals surface area contributed by atoms with E-state index in [4.69, 9.17) is 16.7 Å². The smallest absolute Gasteiger partial charge is 0.225 e. The van der Waals surface area contributed by atoms with Gasteiger partial charge in [0.1, 0.15) is 0 Å². The van der Waals surface area contributed by atoms with Crippen LogP contribution in [0.25, 0.3) is 11.3 Å². The Morgan fingerprint density at radius 1 is 0.750 bits per heavy atom. The molecule has 2 aromatic carbocycles. The van der Waals surface area contributed by atoms with Gasteiger partial charge in [-0.15, -0.1) is 10.2 Å². The standard InChI is InChI=1S/C25H23ClN6/c26-22-9-7-19(8-10-22)17-21-18-23(20-5-2-1-3-6-20)29-30-24(21)31-13-15-32(16-14-31)25-27-11-4-12-28-25/h1-12,18H,13-17H2. The summed E-state index contributed by atoms with van der Waals surface area (Å²) in [5.74, 6) is 1.72. The van der Waals surface area contributed by atoms with Crippen LogP contribution in [-0.2, 0) is 6.42 Å². The molecule has 6 nitrogen and oxygen atoms in total. The van der Waals surface area contributed by atoms with Gasteiger partial charge in [0.15, 0.2) is 5.82 Å². The van der Waals surface area contributed by atoms with Crippen LogP contribution in [0.15, 0.2) is 79.1 Å². The van der Waals surface area contributed by atoms with Crippen molar-refractivity contribution in [3.05, 3.63) is 95.3 Å². The van der Waals surface area contributed by atoms with E-state index < -0.39 is 0 Å². The zero-order chi connectivity index (χ0) is 21.8. The van der Waals surface area contributed by atoms with E-state index in [-0.39, 0.29) is 0 Å². The molecule has 4 aromatic rings. The molecule has 0 amide bonds. The summed E-state index contributed by atoms with van der Waals surface area (Å²) in [5.41, 5.74) is 4.30. The first-order chi connectivity index (χ1) is 15.8. The monoisotopic (exact) mass is 442 g/mol. The summed E-state index contributed by atoms with van der Waals surface area (Å²) in [6.45, 7) is 3.36. The maximum absolute atomic E-state index is 6.09. The van der Waals surface area contributed by atoms with Gasteiger partial charge in [0.2, 0.25) is 5.95 Å². The molecule has 0 bridgehead atoms. The van der Waals surface area contributed by atoms with Gasteiger partial charge in [-0.1, -0.05) is 54.1 Å². The van der Waals surface area contributed by atoms with Gasteiger partial charge < -0.3 is 9.80 Å². The van der Waals surface area contributed by atoms with Crippen LogP contribution in [0, 0.1) is 0 Å². The second-order valence-electron chi connectivity index (χ2n) is 7.77. The quantitative estimate of drug-likeness (QED) is 0.453. The van der Waals surface area contributed by atoms with Gasteiger partial charge >= 0.3 is 0 Å². The van der Waals surface area contributed by atoms with E-state index >= 15 is 0 Å². The number of piperazine rings is 1. The summed E-state index contributed by atoms with van der Waals surface area (Å²) in [7, 11) is 0. The van der Waals surface area contributed by atoms with Gasteiger partial charge in [0.25, 0.3) is 0 Å². The Bertz CT molecular complexity index is 1160. The van der Waals surface area contributed by atoms with Crippen LogP contribution in [0.5, 0.6) is 0 Å². The van der Waals surface area contributed by atoms with Crippen molar-refractivity contribution in [1.82, 2.24) is 20.2 Å². The van der Waals surface area contributed by atoms with E-state index in [1.165, 1.54) is 5.56 Å². The molecule has 1 aliphatic rings. The molecule has 0 spiro atoms. The van der Waals surface area contributed by atoms with Crippen LogP contribution in [0.4, 0.5) is 11.8 Å². The van der Waals surface area contributed by atoms with Crippen LogP contribution >= 0.6 is 11.6 Å². The van der Waals surface area contributed by atoms with Crippen LogP contribution in [-0.4, -0.2) is 46.3 Å². The van der Waals surface area contributed by atoms with Crippen molar-refractivity contribution in [1.29, 1.82) is 0 Å². The lowest BCUT2D eigenvalue weighted by Gasteiger charge is -2.36. The van der Waals surface area contributed by atoms with E-state index in [1.807, 2.05) is 36.4 Å². The second-order valence-corrected chi connectivity index (χ2v) is 8.21. The molecule has 1 saturated heterocycles. The summed E-state index contributed by atoms with van der Waals surface area (Å²) >= 11 is 6.09. The molecular formula is C25H23ClN6. The molecular weight excluding hydrogens is 420 g/mol. The van der Waals surface area contributed by atoms with Crippen molar-refractivity contribution in [2.24, 2.45) is 0 Å². The highest BCUT2D eigenvalue weighted by Gasteiger charge is 2.23. The minimum absolute atomic E-state index is 0.742. The highest BCUT2D eigenvalue weighted by molar-refractivity contribution is 6.30. The van der Waals surface area contributed by atoms with Gasteiger partial charge in [-0.2, -0.15) is 0 Å². The Balaban J connectivity index is 1.42. The summed E-state index contributed by atoms with van der Waals surface area (Å²) in [4.78, 5) is 13.3. The molecule has 0 aliphatic carbocycles. The Morgan fingerprint density at radius 3 is 2.16 bits per heavy atom. The second kappa shape index (κ2) is 9.32. The lowest BCUT2D eigenvalue weighted by molar-refractivity contribution is 0.629. The Morgan fingerprint density at radius 2 is 1.44 bits per heavy atom. The van der Waals surface area contributed by atoms with E-state index in [9.17, 15) is 0 Å². The average Bonchev–Trinajstić information content (AvgIpc) is 2.87. The fraction of sp³-hybridized carbons (Fsp3) is 0.200. The van der Waals surface area contributed by atoms with Gasteiger partial charge in [-0.25, -0.2) is 9.97 Å². The summed E-state index contributed by atoms with van der Waals surface area (Å²) in [5, 5.41) is 10.00. The number of nitrogens with zero attached hydrogens (tertiary/aromatic N) is 6. The zero-order valence-corrected chi connectivity index (χ0v) is 18.4. The summed E-state index contributed by atoms with van der Waals surface area (Å²) in [6, 6.07) is 22.2. The molecule has 1 fully saturated rings. The van der Waals surface area contributed by atoms with Gasteiger partial charge in [0.05, 0.1) is 5.69 Å². The van der Waals surface area contributed by atoms with Crippen molar-refractivity contribution in [2.75, 3.05) is 36.0 Å². The number of rotatable bonds is 5. The molecule has 0 atom stereocenters. The van der Waals surface area contributed by atoms with Crippen molar-refractivity contribution >= 4 is 23.4 Å². The molecule has 7 heteroatoms. The zero-order valence-electron chi connectivity index (χ0n) is 17.6. The first-order valence-electron chi connectivity index (χ1n) is 10.7. The Kier molecular flexibility index (Phi) is 5.94. The fourth-order valence-corrected chi connectivity index (χ4v) is 4.09. The molecule has 2 aromatic heterocycles. The Hall–Kier alpha value is -3.51. The maximum atomic E-state index is 6.09. The van der Waals surface area contributed by atoms with Crippen molar-refractivity contribution in [2.45, 2.75) is 6.42 Å². The van der Waals surface area contributed by atoms with Crippen LogP contribution < -0.4 is 9.80 Å². The largest absolute Gasteiger partial charge is 0.351 e. The number of benzene rings is 2. The van der Waals surface area contributed by atoms with Crippen LogP contribution in [0.2, 0.25) is 5.02 Å². The number of aromatic nitrogens is 4. The van der Waals surface area contributed by atoms with Crippen molar-refractivity contribution in [3.8, 4) is 11.3 Å². The van der Waals surface area contributed by atoms with Crippen LogP contribution in [0.3, 0.4) is 0 Å². The van der Waals surface area contributed by atoms with E-state index in [0.717, 1.165) is 66.2 Å². The highest BCUT2D eigenvalue weighted by Crippen LogP contribution is 2.27. The first-order valence-corrected chi connectivity index (χ1v) is 11.1. The maximum Gasteiger partial charge on any atom is 0.225 e. The minimum Gasteiger partial charge on any atom is -0.351 e. The van der Waals surface area contributed by atoms with E-state index in [2.05, 4.69) is 55.2 Å². The molecule has 0 N–H and O–H groups in total. The topological polar surface area (TPSA) is 58.0 Å². The first kappa shape index (κ1) is 20.4. The third kappa shape index (κ3) is 4.55. The molecule has 32 heavy (non-hydrogen) atoms. The van der Waals surface area contributed by atoms with Gasteiger partial charge in [-0.3, -0.25) is 0 Å². The van der Waals surface area contributed by atoms with E-state index in [1.54, 1.807) is 12.4 Å². The number of hydrogen-bond donors (Lipinski definition) is 0. The van der Waals surface area contributed by atoms with Crippen molar-refractivity contribution in [3.63, 3.8) is 0 Å². The van der Waals surface area contributed by atoms with Gasteiger partial charge in [0, 0.05) is 61.1 Å².